The van der Waals surface area contributed by atoms with Crippen LogP contribution in [0.1, 0.15) is 34.1 Å². The molecule has 0 bridgehead atoms. The predicted octanol–water partition coefficient (Wildman–Crippen LogP) is 3.61. The first-order chi connectivity index (χ1) is 13.5. The van der Waals surface area contributed by atoms with Gasteiger partial charge in [0, 0.05) is 0 Å². The first-order valence-electron chi connectivity index (χ1n) is 9.05. The number of hydrogen-bond acceptors (Lipinski definition) is 5. The second-order valence-electron chi connectivity index (χ2n) is 6.38. The second-order valence-corrected chi connectivity index (χ2v) is 6.38. The summed E-state index contributed by atoms with van der Waals surface area (Å²) in [7, 11) is 0. The minimum absolute atomic E-state index is 0.0318. The second kappa shape index (κ2) is 8.52. The van der Waals surface area contributed by atoms with Crippen LogP contribution in [0.4, 0.5) is 0 Å². The van der Waals surface area contributed by atoms with Gasteiger partial charge >= 0.3 is 5.97 Å². The molecule has 1 heterocycles. The number of rotatable bonds is 6. The molecule has 6 heteroatoms. The Morgan fingerprint density at radius 1 is 1.07 bits per heavy atom. The zero-order valence-electron chi connectivity index (χ0n) is 16.1. The molecule has 0 amide bonds. The predicted molar refractivity (Wildman–Crippen MR) is 106 cm³/mol. The summed E-state index contributed by atoms with van der Waals surface area (Å²) >= 11 is 0. The van der Waals surface area contributed by atoms with Crippen LogP contribution in [-0.2, 0) is 11.3 Å². The first kappa shape index (κ1) is 19.4. The first-order valence-corrected chi connectivity index (χ1v) is 9.05. The van der Waals surface area contributed by atoms with E-state index in [1.165, 1.54) is 10.7 Å². The third-order valence-electron chi connectivity index (χ3n) is 4.29. The van der Waals surface area contributed by atoms with Crippen molar-refractivity contribution in [3.8, 4) is 11.4 Å². The van der Waals surface area contributed by atoms with Crippen LogP contribution >= 0.6 is 0 Å². The molecule has 0 unspecified atom stereocenters. The van der Waals surface area contributed by atoms with Gasteiger partial charge in [-0.2, -0.15) is 9.78 Å². The zero-order valence-corrected chi connectivity index (χ0v) is 16.1. The Labute approximate surface area is 163 Å². The van der Waals surface area contributed by atoms with Crippen LogP contribution in [0.5, 0.6) is 5.75 Å². The summed E-state index contributed by atoms with van der Waals surface area (Å²) in [5.41, 5.74) is 3.21. The molecule has 0 atom stereocenters. The molecule has 0 N–H and O–H groups in total. The number of hydrogen-bond donors (Lipinski definition) is 0. The van der Waals surface area contributed by atoms with Crippen molar-refractivity contribution in [2.75, 3.05) is 6.61 Å². The molecular weight excluding hydrogens is 356 g/mol. The molecular formula is C22H22N2O4. The Hall–Kier alpha value is -3.41. The quantitative estimate of drug-likeness (QED) is 0.613. The number of esters is 1. The maximum absolute atomic E-state index is 12.6. The number of carbonyl (C=O) groups excluding carboxylic acids is 1. The molecule has 0 spiro atoms. The van der Waals surface area contributed by atoms with Gasteiger partial charge in [0.05, 0.1) is 18.4 Å². The molecule has 0 aliphatic rings. The highest BCUT2D eigenvalue weighted by molar-refractivity contribution is 5.90. The Morgan fingerprint density at radius 2 is 1.79 bits per heavy atom. The highest BCUT2D eigenvalue weighted by Crippen LogP contribution is 2.19. The molecule has 3 rings (SSSR count). The van der Waals surface area contributed by atoms with Crippen LogP contribution in [0, 0.1) is 13.8 Å². The number of nitrogens with zero attached hydrogens (tertiary/aromatic N) is 2. The molecule has 144 valence electrons. The van der Waals surface area contributed by atoms with Gasteiger partial charge in [-0.05, 0) is 44.0 Å². The Bertz CT molecular complexity index is 1040. The Morgan fingerprint density at radius 3 is 2.46 bits per heavy atom. The monoisotopic (exact) mass is 378 g/mol. The topological polar surface area (TPSA) is 70.4 Å². The van der Waals surface area contributed by atoms with Gasteiger partial charge in [-0.25, -0.2) is 4.79 Å². The normalized spacial score (nSPS) is 10.5. The fourth-order valence-electron chi connectivity index (χ4n) is 2.69. The van der Waals surface area contributed by atoms with Crippen molar-refractivity contribution >= 4 is 5.97 Å². The zero-order chi connectivity index (χ0) is 20.1. The smallest absolute Gasteiger partial charge is 0.362 e. The van der Waals surface area contributed by atoms with Crippen molar-refractivity contribution in [3.05, 3.63) is 87.3 Å². The molecule has 1 aromatic heterocycles. The lowest BCUT2D eigenvalue weighted by Crippen LogP contribution is -2.25. The average molecular weight is 378 g/mol. The van der Waals surface area contributed by atoms with Crippen molar-refractivity contribution in [1.82, 2.24) is 9.78 Å². The fourth-order valence-corrected chi connectivity index (χ4v) is 2.69. The molecule has 0 aliphatic heterocycles. The van der Waals surface area contributed by atoms with E-state index >= 15 is 0 Å². The maximum atomic E-state index is 12.6. The lowest BCUT2D eigenvalue weighted by Gasteiger charge is -2.13. The molecule has 0 fully saturated rings. The summed E-state index contributed by atoms with van der Waals surface area (Å²) < 4.78 is 12.1. The van der Waals surface area contributed by atoms with E-state index in [1.54, 1.807) is 19.1 Å². The van der Waals surface area contributed by atoms with Crippen molar-refractivity contribution in [1.29, 1.82) is 0 Å². The summed E-state index contributed by atoms with van der Waals surface area (Å²) in [6.45, 7) is 6.04. The molecule has 2 aromatic carbocycles. The summed E-state index contributed by atoms with van der Waals surface area (Å²) in [5.74, 6) is -0.529. The van der Waals surface area contributed by atoms with Gasteiger partial charge < -0.3 is 9.47 Å². The van der Waals surface area contributed by atoms with E-state index in [9.17, 15) is 9.59 Å². The fraction of sp³-hybridized carbons (Fsp3) is 0.227. The minimum Gasteiger partial charge on any atom is -0.486 e. The summed E-state index contributed by atoms with van der Waals surface area (Å²) in [6, 6.07) is 16.3. The standard InChI is InChI=1S/C22H22N2O4/c1-4-27-22(26)21-19(28-14-17-8-6-5-7-16(17)3)13-20(25)24(23-21)18-11-9-15(2)10-12-18/h5-13H,4,14H2,1-3H3. The van der Waals surface area contributed by atoms with Crippen LogP contribution in [0.25, 0.3) is 5.69 Å². The minimum atomic E-state index is -0.636. The lowest BCUT2D eigenvalue weighted by molar-refractivity contribution is 0.0511. The summed E-state index contributed by atoms with van der Waals surface area (Å²) in [5, 5.41) is 4.23. The molecule has 6 nitrogen and oxygen atoms in total. The summed E-state index contributed by atoms with van der Waals surface area (Å²) in [4.78, 5) is 25.0. The SMILES string of the molecule is CCOC(=O)c1nn(-c2ccc(C)cc2)c(=O)cc1OCc1ccccc1C. The van der Waals surface area contributed by atoms with E-state index in [0.29, 0.717) is 5.69 Å². The van der Waals surface area contributed by atoms with Crippen molar-refractivity contribution in [2.24, 2.45) is 0 Å². The van der Waals surface area contributed by atoms with E-state index in [2.05, 4.69) is 5.10 Å². The highest BCUT2D eigenvalue weighted by Gasteiger charge is 2.20. The van der Waals surface area contributed by atoms with Gasteiger partial charge in [-0.3, -0.25) is 4.79 Å². The largest absolute Gasteiger partial charge is 0.486 e. The number of carbonyl (C=O) groups is 1. The number of benzene rings is 2. The summed E-state index contributed by atoms with van der Waals surface area (Å²) in [6.07, 6.45) is 0. The Kier molecular flexibility index (Phi) is 5.89. The Balaban J connectivity index is 2.00. The van der Waals surface area contributed by atoms with Gasteiger partial charge in [-0.15, -0.1) is 0 Å². The molecule has 0 saturated carbocycles. The highest BCUT2D eigenvalue weighted by atomic mass is 16.5. The van der Waals surface area contributed by atoms with Crippen molar-refractivity contribution < 1.29 is 14.3 Å². The van der Waals surface area contributed by atoms with Gasteiger partial charge in [0.2, 0.25) is 5.69 Å². The van der Waals surface area contributed by atoms with Crippen LogP contribution in [0.3, 0.4) is 0 Å². The van der Waals surface area contributed by atoms with Gasteiger partial charge in [-0.1, -0.05) is 42.0 Å². The number of aromatic nitrogens is 2. The maximum Gasteiger partial charge on any atom is 0.362 e. The van der Waals surface area contributed by atoms with Crippen molar-refractivity contribution in [2.45, 2.75) is 27.4 Å². The molecule has 0 radical (unpaired) electrons. The molecule has 28 heavy (non-hydrogen) atoms. The van der Waals surface area contributed by atoms with E-state index < -0.39 is 11.5 Å². The lowest BCUT2D eigenvalue weighted by atomic mass is 10.1. The van der Waals surface area contributed by atoms with Crippen LogP contribution in [0.15, 0.2) is 59.4 Å². The third kappa shape index (κ3) is 4.28. The molecule has 3 aromatic rings. The van der Waals surface area contributed by atoms with Crippen LogP contribution in [0.2, 0.25) is 0 Å². The third-order valence-corrected chi connectivity index (χ3v) is 4.29. The van der Waals surface area contributed by atoms with Gasteiger partial charge in [0.1, 0.15) is 6.61 Å². The van der Waals surface area contributed by atoms with Crippen molar-refractivity contribution in [3.63, 3.8) is 0 Å². The van der Waals surface area contributed by atoms with Crippen LogP contribution < -0.4 is 10.3 Å². The van der Waals surface area contributed by atoms with Gasteiger partial charge in [0.25, 0.3) is 5.56 Å². The molecule has 0 saturated heterocycles. The number of aryl methyl sites for hydroxylation is 2. The average Bonchev–Trinajstić information content (AvgIpc) is 2.68. The van der Waals surface area contributed by atoms with E-state index in [1.807, 2.05) is 50.2 Å². The van der Waals surface area contributed by atoms with E-state index in [0.717, 1.165) is 16.7 Å². The van der Waals surface area contributed by atoms with E-state index in [-0.39, 0.29) is 24.7 Å². The number of ether oxygens (including phenoxy) is 2. The van der Waals surface area contributed by atoms with Gasteiger partial charge in [0.15, 0.2) is 5.75 Å². The van der Waals surface area contributed by atoms with E-state index in [4.69, 9.17) is 9.47 Å². The molecule has 0 aliphatic carbocycles. The van der Waals surface area contributed by atoms with Crippen LogP contribution in [-0.4, -0.2) is 22.4 Å².